The molecule has 12 heavy (non-hydrogen) atoms. The number of hydrogen-bond acceptors (Lipinski definition) is 6. The summed E-state index contributed by atoms with van der Waals surface area (Å²) in [6, 6.07) is 0. The lowest BCUT2D eigenvalue weighted by Crippen LogP contribution is -2.46. The molecule has 72 valence electrons. The smallest absolute Gasteiger partial charge is 0.183 e. The highest BCUT2D eigenvalue weighted by atomic mass is 16.6. The van der Waals surface area contributed by atoms with Crippen LogP contribution in [-0.4, -0.2) is 62.8 Å². The first-order valence-electron chi connectivity index (χ1n) is 3.56. The van der Waals surface area contributed by atoms with Crippen LogP contribution < -0.4 is 0 Å². The molecule has 6 nitrogen and oxygen atoms in total. The fraction of sp³-hybridized carbons (Fsp3) is 1.00. The molecule has 2 unspecified atom stereocenters. The first kappa shape index (κ1) is 9.85. The first-order valence-corrected chi connectivity index (χ1v) is 3.56. The largest absolute Gasteiger partial charge is 0.388 e. The van der Waals surface area contributed by atoms with E-state index in [4.69, 9.17) is 25.5 Å². The monoisotopic (exact) mass is 180 g/mol. The number of rotatable bonds is 0. The third-order valence-corrected chi connectivity index (χ3v) is 1.82. The highest BCUT2D eigenvalue weighted by molar-refractivity contribution is 4.85. The lowest BCUT2D eigenvalue weighted by atomic mass is 10.0. The van der Waals surface area contributed by atoms with E-state index >= 15 is 0 Å². The molecule has 5 N–H and O–H groups in total. The molecular formula is C6H12O6. The minimum Gasteiger partial charge on any atom is -0.388 e. The Bertz CT molecular complexity index is 135. The molecular weight excluding hydrogens is 168 g/mol. The lowest BCUT2D eigenvalue weighted by Gasteiger charge is -2.22. The van der Waals surface area contributed by atoms with Gasteiger partial charge in [-0.05, 0) is 0 Å². The number of aliphatic hydroxyl groups excluding tert-OH is 5. The quantitative estimate of drug-likeness (QED) is 0.268. The van der Waals surface area contributed by atoms with Crippen LogP contribution in [0.25, 0.3) is 0 Å². The van der Waals surface area contributed by atoms with Crippen LogP contribution in [0.15, 0.2) is 0 Å². The minimum absolute atomic E-state index is 0.323. The molecule has 0 aromatic heterocycles. The maximum Gasteiger partial charge on any atom is 0.183 e. The average Bonchev–Trinajstić information content (AvgIpc) is 2.14. The molecule has 0 aromatic rings. The van der Waals surface area contributed by atoms with Crippen molar-refractivity contribution in [1.82, 2.24) is 0 Å². The number of aliphatic hydroxyl groups is 5. The third kappa shape index (κ3) is 1.74. The second-order valence-electron chi connectivity index (χ2n) is 2.76. The van der Waals surface area contributed by atoms with Crippen LogP contribution in [-0.2, 0) is 4.74 Å². The average molecular weight is 180 g/mol. The molecule has 0 spiro atoms. The second-order valence-corrected chi connectivity index (χ2v) is 2.76. The number of ether oxygens (including phenoxy) is 1. The summed E-state index contributed by atoms with van der Waals surface area (Å²) in [7, 11) is 0. The summed E-state index contributed by atoms with van der Waals surface area (Å²) in [4.78, 5) is 0. The van der Waals surface area contributed by atoms with Crippen LogP contribution in [0.1, 0.15) is 0 Å². The zero-order valence-corrected chi connectivity index (χ0v) is 6.24. The first-order chi connectivity index (χ1) is 5.54. The molecule has 0 saturated carbocycles. The Labute approximate surface area is 68.6 Å². The highest BCUT2D eigenvalue weighted by Crippen LogP contribution is 2.14. The van der Waals surface area contributed by atoms with Crippen molar-refractivity contribution < 1.29 is 30.3 Å². The maximum absolute atomic E-state index is 9.07. The van der Waals surface area contributed by atoms with Crippen LogP contribution in [0.5, 0.6) is 0 Å². The predicted octanol–water partition coefficient (Wildman–Crippen LogP) is -3.22. The van der Waals surface area contributed by atoms with E-state index in [2.05, 4.69) is 4.74 Å². The molecule has 5 atom stereocenters. The van der Waals surface area contributed by atoms with Crippen molar-refractivity contribution in [2.75, 3.05) is 6.61 Å². The minimum atomic E-state index is -1.60. The zero-order valence-electron chi connectivity index (χ0n) is 6.24. The van der Waals surface area contributed by atoms with Gasteiger partial charge in [0.05, 0.1) is 6.61 Å². The predicted molar refractivity (Wildman–Crippen MR) is 36.0 cm³/mol. The van der Waals surface area contributed by atoms with Crippen molar-refractivity contribution in [3.63, 3.8) is 0 Å². The van der Waals surface area contributed by atoms with E-state index in [9.17, 15) is 0 Å². The molecule has 1 fully saturated rings. The molecule has 0 amide bonds. The van der Waals surface area contributed by atoms with Crippen molar-refractivity contribution in [2.45, 2.75) is 30.7 Å². The van der Waals surface area contributed by atoms with Gasteiger partial charge in [-0.15, -0.1) is 0 Å². The van der Waals surface area contributed by atoms with Gasteiger partial charge < -0.3 is 30.3 Å². The molecule has 0 aliphatic carbocycles. The summed E-state index contributed by atoms with van der Waals surface area (Å²) < 4.78 is 4.50. The fourth-order valence-corrected chi connectivity index (χ4v) is 0.993. The Morgan fingerprint density at radius 2 is 1.42 bits per heavy atom. The van der Waals surface area contributed by atoms with Gasteiger partial charge >= 0.3 is 0 Å². The van der Waals surface area contributed by atoms with E-state index in [-0.39, 0.29) is 6.61 Å². The Morgan fingerprint density at radius 1 is 0.833 bits per heavy atom. The summed E-state index contributed by atoms with van der Waals surface area (Å²) in [5, 5.41) is 45.1. The highest BCUT2D eigenvalue weighted by Gasteiger charge is 2.38. The number of hydrogen-bond donors (Lipinski definition) is 5. The summed E-state index contributed by atoms with van der Waals surface area (Å²) >= 11 is 0. The molecule has 0 bridgehead atoms. The molecule has 1 aliphatic rings. The van der Waals surface area contributed by atoms with E-state index < -0.39 is 30.7 Å². The molecule has 0 radical (unpaired) electrons. The maximum atomic E-state index is 9.07. The van der Waals surface area contributed by atoms with Gasteiger partial charge in [-0.25, -0.2) is 0 Å². The van der Waals surface area contributed by atoms with Crippen molar-refractivity contribution in [3.05, 3.63) is 0 Å². The Morgan fingerprint density at radius 3 is 2.00 bits per heavy atom. The molecule has 6 heteroatoms. The van der Waals surface area contributed by atoms with E-state index in [1.54, 1.807) is 0 Å². The van der Waals surface area contributed by atoms with Gasteiger partial charge in [0.2, 0.25) is 0 Å². The molecule has 1 heterocycles. The van der Waals surface area contributed by atoms with E-state index in [1.165, 1.54) is 0 Å². The van der Waals surface area contributed by atoms with Gasteiger partial charge in [-0.1, -0.05) is 0 Å². The van der Waals surface area contributed by atoms with Gasteiger partial charge in [0.15, 0.2) is 6.29 Å². The standard InChI is InChI=1S/C6H12O6/c7-2-1-12-6(11)5(10)4(9)3(2)8/h2-11H,1H2/t2-,3-,4?,5?,6+/m1/s1. The van der Waals surface area contributed by atoms with Gasteiger partial charge in [-0.3, -0.25) is 0 Å². The molecule has 1 rings (SSSR count). The topological polar surface area (TPSA) is 110 Å². The van der Waals surface area contributed by atoms with Crippen LogP contribution in [0.3, 0.4) is 0 Å². The second kappa shape index (κ2) is 3.65. The van der Waals surface area contributed by atoms with Crippen molar-refractivity contribution in [1.29, 1.82) is 0 Å². The van der Waals surface area contributed by atoms with Gasteiger partial charge in [0, 0.05) is 0 Å². The Balaban J connectivity index is 2.68. The molecule has 0 aromatic carbocycles. The van der Waals surface area contributed by atoms with Crippen LogP contribution in [0.4, 0.5) is 0 Å². The Kier molecular flexibility index (Phi) is 2.99. The van der Waals surface area contributed by atoms with Crippen molar-refractivity contribution in [2.24, 2.45) is 0 Å². The Hall–Kier alpha value is -0.240. The summed E-state index contributed by atoms with van der Waals surface area (Å²) in [5.41, 5.74) is 0. The van der Waals surface area contributed by atoms with Crippen LogP contribution in [0.2, 0.25) is 0 Å². The zero-order chi connectivity index (χ0) is 9.30. The van der Waals surface area contributed by atoms with Gasteiger partial charge in [-0.2, -0.15) is 0 Å². The van der Waals surface area contributed by atoms with E-state index in [1.807, 2.05) is 0 Å². The van der Waals surface area contributed by atoms with Gasteiger partial charge in [0.25, 0.3) is 0 Å². The third-order valence-electron chi connectivity index (χ3n) is 1.82. The van der Waals surface area contributed by atoms with E-state index in [0.717, 1.165) is 0 Å². The van der Waals surface area contributed by atoms with Crippen molar-refractivity contribution >= 4 is 0 Å². The van der Waals surface area contributed by atoms with Crippen LogP contribution >= 0.6 is 0 Å². The summed E-state index contributed by atoms with van der Waals surface area (Å²) in [6.45, 7) is -0.323. The van der Waals surface area contributed by atoms with Gasteiger partial charge in [0.1, 0.15) is 24.4 Å². The van der Waals surface area contributed by atoms with Crippen LogP contribution in [0, 0.1) is 0 Å². The molecule has 1 aliphatic heterocycles. The summed E-state index contributed by atoms with van der Waals surface area (Å²) in [6.07, 6.45) is -7.58. The van der Waals surface area contributed by atoms with Crippen molar-refractivity contribution in [3.8, 4) is 0 Å². The fourth-order valence-electron chi connectivity index (χ4n) is 0.993. The summed E-state index contributed by atoms with van der Waals surface area (Å²) in [5.74, 6) is 0. The van der Waals surface area contributed by atoms with E-state index in [0.29, 0.717) is 0 Å². The molecule has 1 saturated heterocycles. The normalized spacial score (nSPS) is 50.2. The lowest BCUT2D eigenvalue weighted by molar-refractivity contribution is -0.181. The SMILES string of the molecule is OC1C(O)[C@H](O)[C@H](O)CO[C@@H]1O.